The minimum atomic E-state index is -0.0161. The standard InChI is InChI=1S/C13H21N3O2/c1-10-14-13(15-18-10)12-9-16(6-7-17-12)8-11-4-2-3-5-11/h11-12H,2-9H2,1H3/t12-/m0/s1. The Bertz CT molecular complexity index is 387. The minimum Gasteiger partial charge on any atom is -0.367 e. The molecule has 3 rings (SSSR count). The Labute approximate surface area is 107 Å². The average molecular weight is 251 g/mol. The Morgan fingerprint density at radius 2 is 2.17 bits per heavy atom. The van der Waals surface area contributed by atoms with Crippen molar-refractivity contribution >= 4 is 0 Å². The molecule has 1 aliphatic heterocycles. The molecule has 1 atom stereocenters. The predicted molar refractivity (Wildman–Crippen MR) is 66.1 cm³/mol. The van der Waals surface area contributed by atoms with E-state index in [0.29, 0.717) is 11.7 Å². The molecule has 0 radical (unpaired) electrons. The van der Waals surface area contributed by atoms with Gasteiger partial charge in [-0.25, -0.2) is 0 Å². The van der Waals surface area contributed by atoms with Crippen LogP contribution in [0.25, 0.3) is 0 Å². The smallest absolute Gasteiger partial charge is 0.223 e. The molecule has 1 saturated carbocycles. The van der Waals surface area contributed by atoms with Gasteiger partial charge in [-0.1, -0.05) is 18.0 Å². The molecule has 2 heterocycles. The van der Waals surface area contributed by atoms with Gasteiger partial charge in [0.1, 0.15) is 6.10 Å². The van der Waals surface area contributed by atoms with Gasteiger partial charge in [0, 0.05) is 26.6 Å². The van der Waals surface area contributed by atoms with Gasteiger partial charge in [-0.15, -0.1) is 0 Å². The summed E-state index contributed by atoms with van der Waals surface area (Å²) in [5.41, 5.74) is 0. The van der Waals surface area contributed by atoms with E-state index >= 15 is 0 Å². The quantitative estimate of drug-likeness (QED) is 0.821. The Hall–Kier alpha value is -0.940. The Morgan fingerprint density at radius 3 is 2.89 bits per heavy atom. The summed E-state index contributed by atoms with van der Waals surface area (Å²) in [4.78, 5) is 6.77. The highest BCUT2D eigenvalue weighted by molar-refractivity contribution is 4.93. The zero-order valence-electron chi connectivity index (χ0n) is 11.0. The lowest BCUT2D eigenvalue weighted by Gasteiger charge is -2.33. The maximum absolute atomic E-state index is 5.75. The van der Waals surface area contributed by atoms with Crippen LogP contribution in [0.1, 0.15) is 43.5 Å². The second-order valence-corrected chi connectivity index (χ2v) is 5.44. The summed E-state index contributed by atoms with van der Waals surface area (Å²) >= 11 is 0. The summed E-state index contributed by atoms with van der Waals surface area (Å²) in [6.45, 7) is 5.72. The second-order valence-electron chi connectivity index (χ2n) is 5.44. The minimum absolute atomic E-state index is 0.0161. The van der Waals surface area contributed by atoms with E-state index in [1.165, 1.54) is 32.2 Å². The van der Waals surface area contributed by atoms with Crippen molar-refractivity contribution in [3.63, 3.8) is 0 Å². The molecule has 0 spiro atoms. The monoisotopic (exact) mass is 251 g/mol. The van der Waals surface area contributed by atoms with Crippen molar-refractivity contribution < 1.29 is 9.26 Å². The normalized spacial score (nSPS) is 26.8. The van der Waals surface area contributed by atoms with Crippen LogP contribution in [0, 0.1) is 12.8 Å². The molecule has 0 N–H and O–H groups in total. The summed E-state index contributed by atoms with van der Waals surface area (Å²) in [6, 6.07) is 0. The molecule has 1 aromatic heterocycles. The molecular formula is C13H21N3O2. The number of aryl methyl sites for hydroxylation is 1. The largest absolute Gasteiger partial charge is 0.367 e. The fourth-order valence-corrected chi connectivity index (χ4v) is 3.03. The molecule has 100 valence electrons. The molecule has 0 amide bonds. The number of nitrogens with zero attached hydrogens (tertiary/aromatic N) is 3. The molecule has 18 heavy (non-hydrogen) atoms. The van der Waals surface area contributed by atoms with Crippen molar-refractivity contribution in [1.82, 2.24) is 15.0 Å². The Morgan fingerprint density at radius 1 is 1.33 bits per heavy atom. The molecule has 0 unspecified atom stereocenters. The van der Waals surface area contributed by atoms with Crippen LogP contribution < -0.4 is 0 Å². The van der Waals surface area contributed by atoms with Crippen LogP contribution in [-0.4, -0.2) is 41.3 Å². The summed E-state index contributed by atoms with van der Waals surface area (Å²) in [6.07, 6.45) is 5.58. The zero-order chi connectivity index (χ0) is 12.4. The lowest BCUT2D eigenvalue weighted by molar-refractivity contribution is -0.0393. The van der Waals surface area contributed by atoms with E-state index in [9.17, 15) is 0 Å². The predicted octanol–water partition coefficient (Wildman–Crippen LogP) is 1.94. The van der Waals surface area contributed by atoms with Crippen LogP contribution in [0.5, 0.6) is 0 Å². The molecule has 0 aromatic carbocycles. The fourth-order valence-electron chi connectivity index (χ4n) is 3.03. The van der Waals surface area contributed by atoms with Gasteiger partial charge in [-0.2, -0.15) is 4.98 Å². The van der Waals surface area contributed by atoms with Crippen molar-refractivity contribution in [1.29, 1.82) is 0 Å². The van der Waals surface area contributed by atoms with Crippen molar-refractivity contribution in [2.75, 3.05) is 26.2 Å². The highest BCUT2D eigenvalue weighted by atomic mass is 16.5. The van der Waals surface area contributed by atoms with Crippen LogP contribution in [0.4, 0.5) is 0 Å². The summed E-state index contributed by atoms with van der Waals surface area (Å²) in [5.74, 6) is 2.20. The average Bonchev–Trinajstić information content (AvgIpc) is 3.01. The number of morpholine rings is 1. The van der Waals surface area contributed by atoms with Crippen LogP contribution in [0.3, 0.4) is 0 Å². The van der Waals surface area contributed by atoms with Crippen LogP contribution in [0.15, 0.2) is 4.52 Å². The number of aromatic nitrogens is 2. The fraction of sp³-hybridized carbons (Fsp3) is 0.846. The molecule has 1 saturated heterocycles. The van der Waals surface area contributed by atoms with E-state index in [1.54, 1.807) is 0 Å². The lowest BCUT2D eigenvalue weighted by Crippen LogP contribution is -2.40. The van der Waals surface area contributed by atoms with Gasteiger partial charge in [0.05, 0.1) is 6.61 Å². The molecule has 2 aliphatic rings. The molecule has 5 heteroatoms. The van der Waals surface area contributed by atoms with Gasteiger partial charge in [0.15, 0.2) is 0 Å². The van der Waals surface area contributed by atoms with Gasteiger partial charge in [0.2, 0.25) is 11.7 Å². The van der Waals surface area contributed by atoms with E-state index in [2.05, 4.69) is 15.0 Å². The third-order valence-electron chi connectivity index (χ3n) is 3.97. The first-order valence-electron chi connectivity index (χ1n) is 6.95. The van der Waals surface area contributed by atoms with Crippen LogP contribution in [0.2, 0.25) is 0 Å². The van der Waals surface area contributed by atoms with E-state index in [-0.39, 0.29) is 6.10 Å². The van der Waals surface area contributed by atoms with Crippen molar-refractivity contribution in [3.8, 4) is 0 Å². The third kappa shape index (κ3) is 2.72. The number of hydrogen-bond donors (Lipinski definition) is 0. The number of ether oxygens (including phenoxy) is 1. The topological polar surface area (TPSA) is 51.4 Å². The van der Waals surface area contributed by atoms with Crippen molar-refractivity contribution in [2.45, 2.75) is 38.7 Å². The van der Waals surface area contributed by atoms with E-state index in [1.807, 2.05) is 6.92 Å². The van der Waals surface area contributed by atoms with Crippen LogP contribution in [-0.2, 0) is 4.74 Å². The highest BCUT2D eigenvalue weighted by Crippen LogP contribution is 2.27. The molecule has 0 bridgehead atoms. The third-order valence-corrected chi connectivity index (χ3v) is 3.97. The van der Waals surface area contributed by atoms with E-state index < -0.39 is 0 Å². The summed E-state index contributed by atoms with van der Waals surface area (Å²) in [5, 5.41) is 3.97. The lowest BCUT2D eigenvalue weighted by atomic mass is 10.1. The first-order chi connectivity index (χ1) is 8.81. The SMILES string of the molecule is Cc1nc([C@@H]2CN(CC3CCCC3)CCO2)no1. The molecule has 5 nitrogen and oxygen atoms in total. The van der Waals surface area contributed by atoms with Crippen molar-refractivity contribution in [3.05, 3.63) is 11.7 Å². The summed E-state index contributed by atoms with van der Waals surface area (Å²) < 4.78 is 10.8. The van der Waals surface area contributed by atoms with Gasteiger partial charge in [0.25, 0.3) is 0 Å². The summed E-state index contributed by atoms with van der Waals surface area (Å²) in [7, 11) is 0. The first-order valence-corrected chi connectivity index (χ1v) is 6.95. The number of hydrogen-bond acceptors (Lipinski definition) is 5. The van der Waals surface area contributed by atoms with Gasteiger partial charge >= 0.3 is 0 Å². The molecular weight excluding hydrogens is 230 g/mol. The number of rotatable bonds is 3. The van der Waals surface area contributed by atoms with E-state index in [4.69, 9.17) is 9.26 Å². The Balaban J connectivity index is 1.57. The van der Waals surface area contributed by atoms with Crippen molar-refractivity contribution in [2.24, 2.45) is 5.92 Å². The molecule has 2 fully saturated rings. The first kappa shape index (κ1) is 12.1. The maximum Gasteiger partial charge on any atom is 0.223 e. The second kappa shape index (κ2) is 5.36. The Kier molecular flexibility index (Phi) is 3.61. The molecule has 1 aliphatic carbocycles. The van der Waals surface area contributed by atoms with Gasteiger partial charge < -0.3 is 9.26 Å². The maximum atomic E-state index is 5.75. The molecule has 1 aromatic rings. The van der Waals surface area contributed by atoms with E-state index in [0.717, 1.165) is 25.6 Å². The zero-order valence-corrected chi connectivity index (χ0v) is 11.0. The van der Waals surface area contributed by atoms with Gasteiger partial charge in [-0.05, 0) is 18.8 Å². The van der Waals surface area contributed by atoms with Gasteiger partial charge in [-0.3, -0.25) is 4.90 Å². The highest BCUT2D eigenvalue weighted by Gasteiger charge is 2.27. The van der Waals surface area contributed by atoms with Crippen LogP contribution >= 0.6 is 0 Å².